The van der Waals surface area contributed by atoms with Crippen molar-refractivity contribution >= 4 is 11.9 Å². The van der Waals surface area contributed by atoms with E-state index in [-0.39, 0.29) is 24.8 Å². The van der Waals surface area contributed by atoms with E-state index in [1.807, 2.05) is 0 Å². The average Bonchev–Trinajstić information content (AvgIpc) is 1.98. The van der Waals surface area contributed by atoms with Crippen LogP contribution in [-0.2, 0) is 9.53 Å². The van der Waals surface area contributed by atoms with Crippen LogP contribution in [0.2, 0.25) is 0 Å². The van der Waals surface area contributed by atoms with Crippen LogP contribution in [0.4, 0.5) is 4.79 Å². The van der Waals surface area contributed by atoms with Crippen LogP contribution in [0.15, 0.2) is 0 Å². The molecule has 1 amide bonds. The largest absolute Gasteiger partial charge is 0.444 e. The normalized spacial score (nSPS) is 13.1. The van der Waals surface area contributed by atoms with E-state index in [4.69, 9.17) is 10.5 Å². The molecule has 0 radical (unpaired) electrons. The summed E-state index contributed by atoms with van der Waals surface area (Å²) >= 11 is 0. The van der Waals surface area contributed by atoms with Crippen molar-refractivity contribution in [2.24, 2.45) is 5.73 Å². The number of amides is 1. The summed E-state index contributed by atoms with van der Waals surface area (Å²) in [4.78, 5) is 22.1. The van der Waals surface area contributed by atoms with Crippen LogP contribution in [-0.4, -0.2) is 30.1 Å². The van der Waals surface area contributed by atoms with E-state index in [2.05, 4.69) is 5.32 Å². The summed E-state index contributed by atoms with van der Waals surface area (Å²) in [6.07, 6.45) is -0.311. The fourth-order valence-electron chi connectivity index (χ4n) is 1.01. The molecule has 0 aromatic rings. The van der Waals surface area contributed by atoms with Crippen LogP contribution < -0.4 is 11.1 Å². The highest BCUT2D eigenvalue weighted by Crippen LogP contribution is 2.07. The minimum Gasteiger partial charge on any atom is -0.444 e. The summed E-state index contributed by atoms with van der Waals surface area (Å²) in [5, 5.41) is 2.55. The number of nitrogens with two attached hydrogens (primary N) is 1. The van der Waals surface area contributed by atoms with Crippen molar-refractivity contribution in [2.75, 3.05) is 6.54 Å². The van der Waals surface area contributed by atoms with E-state index in [1.165, 1.54) is 6.92 Å². The first-order chi connectivity index (χ1) is 6.74. The third kappa shape index (κ3) is 7.93. The van der Waals surface area contributed by atoms with Gasteiger partial charge in [-0.2, -0.15) is 0 Å². The third-order valence-electron chi connectivity index (χ3n) is 1.54. The number of hydrogen-bond acceptors (Lipinski definition) is 4. The van der Waals surface area contributed by atoms with Crippen LogP contribution in [0.1, 0.15) is 34.1 Å². The smallest absolute Gasteiger partial charge is 0.407 e. The van der Waals surface area contributed by atoms with Gasteiger partial charge in [-0.1, -0.05) is 0 Å². The second-order valence-corrected chi connectivity index (χ2v) is 4.48. The number of carbonyl (C=O) groups excluding carboxylic acids is 2. The fraction of sp³-hybridized carbons (Fsp3) is 0.800. The minimum absolute atomic E-state index is 0.0125. The molecule has 3 N–H and O–H groups in total. The van der Waals surface area contributed by atoms with Crippen molar-refractivity contribution in [3.63, 3.8) is 0 Å². The molecule has 0 spiro atoms. The molecule has 0 saturated carbocycles. The molecule has 5 heteroatoms. The standard InChI is InChI=1S/C10H20N2O3/c1-7(13)5-8(6-11)12-9(14)15-10(2,3)4/h8H,5-6,11H2,1-4H3,(H,12,14)/t8-/m0/s1. The van der Waals surface area contributed by atoms with Crippen molar-refractivity contribution in [2.45, 2.75) is 45.8 Å². The number of alkyl carbamates (subject to hydrolysis) is 1. The average molecular weight is 216 g/mol. The Balaban J connectivity index is 4.07. The lowest BCUT2D eigenvalue weighted by atomic mass is 10.1. The summed E-state index contributed by atoms with van der Waals surface area (Å²) in [7, 11) is 0. The fourth-order valence-corrected chi connectivity index (χ4v) is 1.01. The Kier molecular flexibility index (Phi) is 5.28. The lowest BCUT2D eigenvalue weighted by Gasteiger charge is -2.22. The molecule has 0 aromatic heterocycles. The SMILES string of the molecule is CC(=O)C[C@@H](CN)NC(=O)OC(C)(C)C. The third-order valence-corrected chi connectivity index (χ3v) is 1.54. The lowest BCUT2D eigenvalue weighted by Crippen LogP contribution is -2.43. The zero-order valence-corrected chi connectivity index (χ0v) is 9.79. The molecule has 0 fully saturated rings. The molecule has 5 nitrogen and oxygen atoms in total. The van der Waals surface area contributed by atoms with Crippen LogP contribution in [0.3, 0.4) is 0 Å². The molecule has 0 rings (SSSR count). The van der Waals surface area contributed by atoms with E-state index in [1.54, 1.807) is 20.8 Å². The number of rotatable bonds is 4. The Morgan fingerprint density at radius 2 is 1.93 bits per heavy atom. The van der Waals surface area contributed by atoms with Gasteiger partial charge in [0.15, 0.2) is 0 Å². The van der Waals surface area contributed by atoms with Crippen LogP contribution >= 0.6 is 0 Å². The van der Waals surface area contributed by atoms with E-state index in [9.17, 15) is 9.59 Å². The molecule has 0 bridgehead atoms. The Bertz CT molecular complexity index is 233. The lowest BCUT2D eigenvalue weighted by molar-refractivity contribution is -0.117. The molecular formula is C10H20N2O3. The van der Waals surface area contributed by atoms with E-state index >= 15 is 0 Å². The van der Waals surface area contributed by atoms with Gasteiger partial charge < -0.3 is 15.8 Å². The number of hydrogen-bond donors (Lipinski definition) is 2. The zero-order valence-electron chi connectivity index (χ0n) is 9.79. The summed E-state index contributed by atoms with van der Waals surface area (Å²) in [6, 6.07) is -0.350. The molecule has 0 aliphatic rings. The first kappa shape index (κ1) is 13.9. The second kappa shape index (κ2) is 5.70. The molecule has 1 atom stereocenters. The van der Waals surface area contributed by atoms with E-state index in [0.29, 0.717) is 0 Å². The summed E-state index contributed by atoms with van der Waals surface area (Å²) in [5.41, 5.74) is 4.87. The van der Waals surface area contributed by atoms with E-state index < -0.39 is 11.7 Å². The van der Waals surface area contributed by atoms with Crippen molar-refractivity contribution in [1.29, 1.82) is 0 Å². The van der Waals surface area contributed by atoms with Crippen molar-refractivity contribution in [3.8, 4) is 0 Å². The Labute approximate surface area is 90.4 Å². The van der Waals surface area contributed by atoms with Crippen LogP contribution in [0, 0.1) is 0 Å². The first-order valence-electron chi connectivity index (χ1n) is 4.93. The van der Waals surface area contributed by atoms with Gasteiger partial charge in [0.2, 0.25) is 0 Å². The predicted molar refractivity (Wildman–Crippen MR) is 57.5 cm³/mol. The molecule has 0 aromatic carbocycles. The van der Waals surface area contributed by atoms with Crippen LogP contribution in [0.25, 0.3) is 0 Å². The number of Topliss-reactive ketones (excluding diaryl/α,β-unsaturated/α-hetero) is 1. The highest BCUT2D eigenvalue weighted by molar-refractivity contribution is 5.77. The van der Waals surface area contributed by atoms with Gasteiger partial charge in [0.1, 0.15) is 11.4 Å². The van der Waals surface area contributed by atoms with Gasteiger partial charge >= 0.3 is 6.09 Å². The van der Waals surface area contributed by atoms with Gasteiger partial charge in [-0.25, -0.2) is 4.79 Å². The number of nitrogens with one attached hydrogen (secondary N) is 1. The Morgan fingerprint density at radius 1 is 1.40 bits per heavy atom. The maximum atomic E-state index is 11.3. The number of ether oxygens (including phenoxy) is 1. The molecule has 0 aliphatic heterocycles. The monoisotopic (exact) mass is 216 g/mol. The van der Waals surface area contributed by atoms with Gasteiger partial charge in [0, 0.05) is 13.0 Å². The van der Waals surface area contributed by atoms with Gasteiger partial charge in [0.05, 0.1) is 6.04 Å². The van der Waals surface area contributed by atoms with Crippen molar-refractivity contribution in [1.82, 2.24) is 5.32 Å². The number of ketones is 1. The molecular weight excluding hydrogens is 196 g/mol. The molecule has 15 heavy (non-hydrogen) atoms. The second-order valence-electron chi connectivity index (χ2n) is 4.48. The Hall–Kier alpha value is -1.10. The summed E-state index contributed by atoms with van der Waals surface area (Å²) in [5.74, 6) is -0.0125. The first-order valence-corrected chi connectivity index (χ1v) is 4.93. The summed E-state index contributed by atoms with van der Waals surface area (Å²) in [6.45, 7) is 7.00. The zero-order chi connectivity index (χ0) is 12.1. The maximum Gasteiger partial charge on any atom is 0.407 e. The quantitative estimate of drug-likeness (QED) is 0.729. The Morgan fingerprint density at radius 3 is 2.27 bits per heavy atom. The number of carbonyl (C=O) groups is 2. The highest BCUT2D eigenvalue weighted by Gasteiger charge is 2.19. The molecule has 0 saturated heterocycles. The minimum atomic E-state index is -0.542. The predicted octanol–water partition coefficient (Wildman–Crippen LogP) is 0.817. The van der Waals surface area contributed by atoms with Gasteiger partial charge in [-0.15, -0.1) is 0 Å². The molecule has 88 valence electrons. The molecule has 0 aliphatic carbocycles. The van der Waals surface area contributed by atoms with Gasteiger partial charge in [-0.05, 0) is 27.7 Å². The highest BCUT2D eigenvalue weighted by atomic mass is 16.6. The van der Waals surface area contributed by atoms with Crippen molar-refractivity contribution in [3.05, 3.63) is 0 Å². The molecule has 0 unspecified atom stereocenters. The summed E-state index contributed by atoms with van der Waals surface area (Å²) < 4.78 is 5.03. The van der Waals surface area contributed by atoms with E-state index in [0.717, 1.165) is 0 Å². The van der Waals surface area contributed by atoms with Gasteiger partial charge in [-0.3, -0.25) is 4.79 Å². The topological polar surface area (TPSA) is 81.4 Å². The molecule has 0 heterocycles. The van der Waals surface area contributed by atoms with Gasteiger partial charge in [0.25, 0.3) is 0 Å². The van der Waals surface area contributed by atoms with Crippen LogP contribution in [0.5, 0.6) is 0 Å². The van der Waals surface area contributed by atoms with Crippen molar-refractivity contribution < 1.29 is 14.3 Å². The maximum absolute atomic E-state index is 11.3.